The Labute approximate surface area is 105 Å². The van der Waals surface area contributed by atoms with E-state index in [1.54, 1.807) is 13.2 Å². The number of rotatable bonds is 3. The molecule has 0 amide bonds. The Balaban J connectivity index is 2.27. The Morgan fingerprint density at radius 1 is 1.56 bits per heavy atom. The quantitative estimate of drug-likeness (QED) is 0.608. The van der Waals surface area contributed by atoms with Gasteiger partial charge in [-0.15, -0.1) is 0 Å². The van der Waals surface area contributed by atoms with E-state index >= 15 is 0 Å². The van der Waals surface area contributed by atoms with E-state index in [9.17, 15) is 9.90 Å². The summed E-state index contributed by atoms with van der Waals surface area (Å²) in [5, 5.41) is 21.8. The molecule has 1 fully saturated rings. The van der Waals surface area contributed by atoms with E-state index in [2.05, 4.69) is 10.3 Å². The van der Waals surface area contributed by atoms with Gasteiger partial charge in [0.1, 0.15) is 0 Å². The molecule has 1 aromatic heterocycles. The lowest BCUT2D eigenvalue weighted by molar-refractivity contribution is -0.113. The zero-order valence-electron chi connectivity index (χ0n) is 10.2. The van der Waals surface area contributed by atoms with Crippen molar-refractivity contribution in [2.24, 2.45) is 0 Å². The summed E-state index contributed by atoms with van der Waals surface area (Å²) in [5.74, 6) is 0. The standard InChI is InChI=1S/C12H18N2O4/c1-13-10-4-12(17)14-5-9(10)11-3-7(16)2-8(6-15)18-11/h4-5,7-8,11,15-16H,2-3,6H2,1H3,(H2,13,14,17). The molecule has 0 aliphatic carbocycles. The summed E-state index contributed by atoms with van der Waals surface area (Å²) in [5.41, 5.74) is 1.27. The first-order chi connectivity index (χ1) is 8.63. The van der Waals surface area contributed by atoms with E-state index < -0.39 is 6.10 Å². The van der Waals surface area contributed by atoms with Crippen LogP contribution in [0.25, 0.3) is 0 Å². The molecule has 1 aliphatic heterocycles. The molecule has 4 N–H and O–H groups in total. The van der Waals surface area contributed by atoms with Crippen molar-refractivity contribution in [3.05, 3.63) is 28.2 Å². The van der Waals surface area contributed by atoms with Gasteiger partial charge in [0, 0.05) is 43.4 Å². The number of hydrogen-bond donors (Lipinski definition) is 4. The van der Waals surface area contributed by atoms with Gasteiger partial charge in [0.05, 0.1) is 24.9 Å². The molecule has 0 bridgehead atoms. The minimum atomic E-state index is -0.502. The molecule has 0 saturated carbocycles. The molecule has 6 heteroatoms. The molecule has 0 spiro atoms. The molecule has 1 saturated heterocycles. The summed E-state index contributed by atoms with van der Waals surface area (Å²) in [4.78, 5) is 13.8. The number of aliphatic hydroxyl groups excluding tert-OH is 2. The van der Waals surface area contributed by atoms with Crippen molar-refractivity contribution in [1.29, 1.82) is 0 Å². The highest BCUT2D eigenvalue weighted by Crippen LogP contribution is 2.34. The molecule has 2 heterocycles. The van der Waals surface area contributed by atoms with Crippen LogP contribution < -0.4 is 10.9 Å². The Kier molecular flexibility index (Phi) is 4.00. The van der Waals surface area contributed by atoms with Gasteiger partial charge in [-0.25, -0.2) is 0 Å². The molecule has 18 heavy (non-hydrogen) atoms. The van der Waals surface area contributed by atoms with E-state index in [4.69, 9.17) is 9.84 Å². The maximum atomic E-state index is 11.2. The Morgan fingerprint density at radius 2 is 2.33 bits per heavy atom. The van der Waals surface area contributed by atoms with Crippen molar-refractivity contribution in [2.75, 3.05) is 19.0 Å². The monoisotopic (exact) mass is 254 g/mol. The molecule has 3 unspecified atom stereocenters. The summed E-state index contributed by atoms with van der Waals surface area (Å²) < 4.78 is 5.70. The van der Waals surface area contributed by atoms with Crippen molar-refractivity contribution < 1.29 is 14.9 Å². The van der Waals surface area contributed by atoms with Gasteiger partial charge in [-0.1, -0.05) is 0 Å². The van der Waals surface area contributed by atoms with Gasteiger partial charge >= 0.3 is 0 Å². The number of aromatic amines is 1. The first-order valence-electron chi connectivity index (χ1n) is 5.98. The number of aromatic nitrogens is 1. The van der Waals surface area contributed by atoms with Gasteiger partial charge in [0.15, 0.2) is 0 Å². The highest BCUT2D eigenvalue weighted by molar-refractivity contribution is 5.50. The molecule has 1 aromatic rings. The number of H-pyrrole nitrogens is 1. The van der Waals surface area contributed by atoms with E-state index in [-0.39, 0.29) is 24.4 Å². The van der Waals surface area contributed by atoms with Crippen LogP contribution in [0.2, 0.25) is 0 Å². The molecule has 2 rings (SSSR count). The molecule has 0 radical (unpaired) electrons. The first-order valence-corrected chi connectivity index (χ1v) is 5.98. The molecular weight excluding hydrogens is 236 g/mol. The van der Waals surface area contributed by atoms with Crippen molar-refractivity contribution in [2.45, 2.75) is 31.2 Å². The van der Waals surface area contributed by atoms with Crippen LogP contribution >= 0.6 is 0 Å². The van der Waals surface area contributed by atoms with Gasteiger partial charge in [0.25, 0.3) is 0 Å². The zero-order valence-corrected chi connectivity index (χ0v) is 10.2. The summed E-state index contributed by atoms with van der Waals surface area (Å²) in [7, 11) is 1.72. The first kappa shape index (κ1) is 13.1. The Hall–Kier alpha value is -1.37. The van der Waals surface area contributed by atoms with Crippen molar-refractivity contribution >= 4 is 5.69 Å². The van der Waals surface area contributed by atoms with Crippen LogP contribution in [0.4, 0.5) is 5.69 Å². The average molecular weight is 254 g/mol. The maximum Gasteiger partial charge on any atom is 0.249 e. The number of aliphatic hydroxyl groups is 2. The fourth-order valence-electron chi connectivity index (χ4n) is 2.27. The minimum absolute atomic E-state index is 0.119. The van der Waals surface area contributed by atoms with Crippen LogP contribution in [0.3, 0.4) is 0 Å². The topological polar surface area (TPSA) is 94.6 Å². The third-order valence-electron chi connectivity index (χ3n) is 3.15. The van der Waals surface area contributed by atoms with Crippen LogP contribution in [-0.4, -0.2) is 41.1 Å². The summed E-state index contributed by atoms with van der Waals surface area (Å²) in [6.07, 6.45) is 1.28. The Bertz CT molecular complexity index is 460. The van der Waals surface area contributed by atoms with Crippen molar-refractivity contribution in [1.82, 2.24) is 4.98 Å². The van der Waals surface area contributed by atoms with Crippen LogP contribution in [0.15, 0.2) is 17.1 Å². The highest BCUT2D eigenvalue weighted by Gasteiger charge is 2.30. The smallest absolute Gasteiger partial charge is 0.249 e. The normalized spacial score (nSPS) is 28.1. The fraction of sp³-hybridized carbons (Fsp3) is 0.583. The average Bonchev–Trinajstić information content (AvgIpc) is 2.37. The van der Waals surface area contributed by atoms with Crippen LogP contribution in [0, 0.1) is 0 Å². The van der Waals surface area contributed by atoms with E-state index in [0.29, 0.717) is 18.5 Å². The van der Waals surface area contributed by atoms with E-state index in [1.165, 1.54) is 6.07 Å². The van der Waals surface area contributed by atoms with Crippen molar-refractivity contribution in [3.8, 4) is 0 Å². The molecule has 1 aliphatic rings. The summed E-state index contributed by atoms with van der Waals surface area (Å²) in [6.45, 7) is -0.119. The molecular formula is C12H18N2O4. The largest absolute Gasteiger partial charge is 0.394 e. The predicted octanol–water partition coefficient (Wildman–Crippen LogP) is -0.0101. The van der Waals surface area contributed by atoms with Crippen LogP contribution in [0.5, 0.6) is 0 Å². The van der Waals surface area contributed by atoms with E-state index in [1.807, 2.05) is 0 Å². The number of ether oxygens (including phenoxy) is 1. The van der Waals surface area contributed by atoms with Crippen LogP contribution in [0.1, 0.15) is 24.5 Å². The second-order valence-corrected chi connectivity index (χ2v) is 4.47. The zero-order chi connectivity index (χ0) is 13.1. The fourth-order valence-corrected chi connectivity index (χ4v) is 2.27. The van der Waals surface area contributed by atoms with Gasteiger partial charge in [-0.05, 0) is 0 Å². The van der Waals surface area contributed by atoms with Gasteiger partial charge in [0.2, 0.25) is 5.56 Å². The lowest BCUT2D eigenvalue weighted by Crippen LogP contribution is -2.34. The molecule has 100 valence electrons. The van der Waals surface area contributed by atoms with Crippen molar-refractivity contribution in [3.63, 3.8) is 0 Å². The Morgan fingerprint density at radius 3 is 3.00 bits per heavy atom. The van der Waals surface area contributed by atoms with Gasteiger partial charge < -0.3 is 25.3 Å². The summed E-state index contributed by atoms with van der Waals surface area (Å²) >= 11 is 0. The number of hydrogen-bond acceptors (Lipinski definition) is 5. The maximum absolute atomic E-state index is 11.2. The number of anilines is 1. The molecule has 6 nitrogen and oxygen atoms in total. The molecule has 0 aromatic carbocycles. The predicted molar refractivity (Wildman–Crippen MR) is 66.6 cm³/mol. The minimum Gasteiger partial charge on any atom is -0.394 e. The number of nitrogens with one attached hydrogen (secondary N) is 2. The SMILES string of the molecule is CNc1cc(=O)[nH]cc1C1CC(O)CC(CO)O1. The second-order valence-electron chi connectivity index (χ2n) is 4.47. The number of pyridine rings is 1. The molecule has 3 atom stereocenters. The highest BCUT2D eigenvalue weighted by atomic mass is 16.5. The summed E-state index contributed by atoms with van der Waals surface area (Å²) in [6, 6.07) is 1.45. The lowest BCUT2D eigenvalue weighted by atomic mass is 9.96. The van der Waals surface area contributed by atoms with Gasteiger partial charge in [-0.2, -0.15) is 0 Å². The third kappa shape index (κ3) is 2.72. The lowest BCUT2D eigenvalue weighted by Gasteiger charge is -2.33. The third-order valence-corrected chi connectivity index (χ3v) is 3.15. The van der Waals surface area contributed by atoms with E-state index in [0.717, 1.165) is 5.56 Å². The van der Waals surface area contributed by atoms with Gasteiger partial charge in [-0.3, -0.25) is 4.79 Å². The van der Waals surface area contributed by atoms with Crippen LogP contribution in [-0.2, 0) is 4.74 Å². The second kappa shape index (κ2) is 5.51.